The Balaban J connectivity index is 1.53. The van der Waals surface area contributed by atoms with Crippen LogP contribution in [0.5, 0.6) is 0 Å². The highest BCUT2D eigenvalue weighted by Gasteiger charge is 2.17. The van der Waals surface area contributed by atoms with Crippen LogP contribution in [0.2, 0.25) is 0 Å². The van der Waals surface area contributed by atoms with Crippen molar-refractivity contribution in [3.8, 4) is 0 Å². The molecule has 0 spiro atoms. The molecule has 4 aromatic rings. The number of halogens is 1. The Hall–Kier alpha value is -3.17. The molecule has 1 N–H and O–H groups in total. The zero-order valence-corrected chi connectivity index (χ0v) is 16.3. The van der Waals surface area contributed by atoms with Gasteiger partial charge in [-0.2, -0.15) is 0 Å². The molecule has 0 radical (unpaired) electrons. The number of aryl methyl sites for hydroxylation is 1. The Kier molecular flexibility index (Phi) is 4.85. The topological polar surface area (TPSA) is 86.2 Å². The van der Waals surface area contributed by atoms with Gasteiger partial charge in [-0.25, -0.2) is 22.3 Å². The molecule has 0 atom stereocenters. The van der Waals surface area contributed by atoms with Crippen LogP contribution >= 0.6 is 0 Å². The second-order valence-corrected chi connectivity index (χ2v) is 8.41. The van der Waals surface area contributed by atoms with E-state index in [1.165, 1.54) is 34.9 Å². The Morgan fingerprint density at radius 1 is 1.10 bits per heavy atom. The summed E-state index contributed by atoms with van der Waals surface area (Å²) in [4.78, 5) is 11.6. The average molecular weight is 415 g/mol. The molecule has 0 aliphatic carbocycles. The van der Waals surface area contributed by atoms with Crippen molar-refractivity contribution >= 4 is 21.1 Å². The minimum Gasteiger partial charge on any atom is -0.408 e. The molecule has 0 bridgehead atoms. The van der Waals surface area contributed by atoms with Gasteiger partial charge in [-0.1, -0.05) is 12.1 Å². The van der Waals surface area contributed by atoms with Gasteiger partial charge in [0.2, 0.25) is 10.0 Å². The van der Waals surface area contributed by atoms with Crippen molar-refractivity contribution in [3.05, 3.63) is 88.4 Å². The number of oxazole rings is 1. The smallest absolute Gasteiger partial charge is 0.408 e. The normalized spacial score (nSPS) is 11.9. The van der Waals surface area contributed by atoms with E-state index in [0.717, 1.165) is 11.3 Å². The fourth-order valence-corrected chi connectivity index (χ4v) is 4.14. The maximum atomic E-state index is 13.4. The Morgan fingerprint density at radius 3 is 2.72 bits per heavy atom. The third-order valence-corrected chi connectivity index (χ3v) is 6.08. The summed E-state index contributed by atoms with van der Waals surface area (Å²) in [5.74, 6) is -0.877. The molecule has 0 fully saturated rings. The molecule has 0 aliphatic heterocycles. The van der Waals surface area contributed by atoms with Gasteiger partial charge in [-0.05, 0) is 42.0 Å². The summed E-state index contributed by atoms with van der Waals surface area (Å²) in [6.45, 7) is 0.477. The van der Waals surface area contributed by atoms with E-state index in [0.29, 0.717) is 12.1 Å². The number of nitrogens with one attached hydrogen (secondary N) is 1. The largest absolute Gasteiger partial charge is 0.419 e. The van der Waals surface area contributed by atoms with Gasteiger partial charge in [0.25, 0.3) is 0 Å². The van der Waals surface area contributed by atoms with E-state index in [4.69, 9.17) is 4.42 Å². The first-order valence-electron chi connectivity index (χ1n) is 8.81. The molecule has 0 saturated heterocycles. The second-order valence-electron chi connectivity index (χ2n) is 6.64. The predicted octanol–water partition coefficient (Wildman–Crippen LogP) is 2.60. The highest BCUT2D eigenvalue weighted by atomic mass is 32.2. The monoisotopic (exact) mass is 415 g/mol. The van der Waals surface area contributed by atoms with Crippen LogP contribution in [-0.4, -0.2) is 17.6 Å². The fourth-order valence-electron chi connectivity index (χ4n) is 3.13. The standard InChI is InChI=1S/C20H18FN3O4S/c1-23-18-8-7-17(11-19(18)28-20(23)25)29(26,27)22-12-16-6-3-9-24(16)13-14-4-2-5-15(21)10-14/h2-11,22H,12-13H2,1H3. The average Bonchev–Trinajstić information content (AvgIpc) is 3.24. The molecule has 2 aromatic carbocycles. The molecular formula is C20H18FN3O4S. The van der Waals surface area contributed by atoms with Gasteiger partial charge in [0.15, 0.2) is 5.58 Å². The van der Waals surface area contributed by atoms with E-state index in [2.05, 4.69) is 4.72 Å². The van der Waals surface area contributed by atoms with Gasteiger partial charge in [-0.15, -0.1) is 0 Å². The van der Waals surface area contributed by atoms with Crippen molar-refractivity contribution in [1.82, 2.24) is 13.9 Å². The van der Waals surface area contributed by atoms with Crippen LogP contribution in [0.15, 0.2) is 74.9 Å². The molecule has 4 rings (SSSR count). The molecule has 9 heteroatoms. The summed E-state index contributed by atoms with van der Waals surface area (Å²) in [6, 6.07) is 14.1. The molecule has 0 unspecified atom stereocenters. The van der Waals surface area contributed by atoms with Crippen LogP contribution in [0, 0.1) is 5.82 Å². The number of hydrogen-bond acceptors (Lipinski definition) is 4. The lowest BCUT2D eigenvalue weighted by atomic mass is 10.2. The summed E-state index contributed by atoms with van der Waals surface area (Å²) >= 11 is 0. The lowest BCUT2D eigenvalue weighted by Crippen LogP contribution is -2.24. The summed E-state index contributed by atoms with van der Waals surface area (Å²) < 4.78 is 49.5. The van der Waals surface area contributed by atoms with Crippen LogP contribution < -0.4 is 10.5 Å². The molecule has 7 nitrogen and oxygen atoms in total. The van der Waals surface area contributed by atoms with Crippen LogP contribution in [0.1, 0.15) is 11.3 Å². The number of benzene rings is 2. The van der Waals surface area contributed by atoms with E-state index in [-0.39, 0.29) is 22.8 Å². The maximum Gasteiger partial charge on any atom is 0.419 e. The Labute approximate surface area is 166 Å². The quantitative estimate of drug-likeness (QED) is 0.525. The molecule has 2 aromatic heterocycles. The van der Waals surface area contributed by atoms with Crippen LogP contribution in [0.25, 0.3) is 11.1 Å². The van der Waals surface area contributed by atoms with E-state index >= 15 is 0 Å². The number of sulfonamides is 1. The summed E-state index contributed by atoms with van der Waals surface area (Å²) in [6.07, 6.45) is 1.80. The van der Waals surface area contributed by atoms with Gasteiger partial charge in [-0.3, -0.25) is 4.57 Å². The number of fused-ring (bicyclic) bond motifs is 1. The number of rotatable bonds is 6. The molecular weight excluding hydrogens is 397 g/mol. The van der Waals surface area contributed by atoms with E-state index in [1.807, 2.05) is 4.57 Å². The molecule has 2 heterocycles. The lowest BCUT2D eigenvalue weighted by molar-refractivity contribution is 0.527. The maximum absolute atomic E-state index is 13.4. The van der Waals surface area contributed by atoms with Crippen molar-refractivity contribution in [2.24, 2.45) is 7.05 Å². The molecule has 29 heavy (non-hydrogen) atoms. The van der Waals surface area contributed by atoms with Crippen molar-refractivity contribution < 1.29 is 17.2 Å². The summed E-state index contributed by atoms with van der Waals surface area (Å²) in [5, 5.41) is 0. The highest BCUT2D eigenvalue weighted by molar-refractivity contribution is 7.89. The van der Waals surface area contributed by atoms with Crippen molar-refractivity contribution in [1.29, 1.82) is 0 Å². The predicted molar refractivity (Wildman–Crippen MR) is 105 cm³/mol. The van der Waals surface area contributed by atoms with Gasteiger partial charge in [0.1, 0.15) is 5.82 Å². The minimum atomic E-state index is -3.82. The molecule has 150 valence electrons. The number of aromatic nitrogens is 2. The fraction of sp³-hybridized carbons (Fsp3) is 0.150. The van der Waals surface area contributed by atoms with Crippen molar-refractivity contribution in [2.45, 2.75) is 18.0 Å². The van der Waals surface area contributed by atoms with Gasteiger partial charge < -0.3 is 8.98 Å². The number of hydrogen-bond donors (Lipinski definition) is 1. The van der Waals surface area contributed by atoms with Crippen LogP contribution in [-0.2, 0) is 30.2 Å². The molecule has 0 aliphatic rings. The lowest BCUT2D eigenvalue weighted by Gasteiger charge is -2.11. The zero-order valence-electron chi connectivity index (χ0n) is 15.5. The van der Waals surface area contributed by atoms with Gasteiger partial charge >= 0.3 is 5.76 Å². The first-order chi connectivity index (χ1) is 13.8. The molecule has 0 saturated carbocycles. The third kappa shape index (κ3) is 3.87. The second kappa shape index (κ2) is 7.34. The van der Waals surface area contributed by atoms with Gasteiger partial charge in [0, 0.05) is 31.5 Å². The third-order valence-electron chi connectivity index (χ3n) is 4.68. The van der Waals surface area contributed by atoms with Gasteiger partial charge in [0.05, 0.1) is 17.0 Å². The van der Waals surface area contributed by atoms with Crippen LogP contribution in [0.3, 0.4) is 0 Å². The Bertz CT molecular complexity index is 1350. The van der Waals surface area contributed by atoms with E-state index in [9.17, 15) is 17.6 Å². The van der Waals surface area contributed by atoms with Crippen molar-refractivity contribution in [2.75, 3.05) is 0 Å². The first kappa shape index (κ1) is 19.2. The Morgan fingerprint density at radius 2 is 1.93 bits per heavy atom. The highest BCUT2D eigenvalue weighted by Crippen LogP contribution is 2.18. The van der Waals surface area contributed by atoms with Crippen LogP contribution in [0.4, 0.5) is 4.39 Å². The minimum absolute atomic E-state index is 0.00239. The van der Waals surface area contributed by atoms with Crippen molar-refractivity contribution in [3.63, 3.8) is 0 Å². The van der Waals surface area contributed by atoms with E-state index < -0.39 is 15.8 Å². The SMILES string of the molecule is Cn1c(=O)oc2cc(S(=O)(=O)NCc3cccn3Cc3cccc(F)c3)ccc21. The first-order valence-corrected chi connectivity index (χ1v) is 10.3. The number of nitrogens with zero attached hydrogens (tertiary/aromatic N) is 2. The zero-order chi connectivity index (χ0) is 20.6. The summed E-state index contributed by atoms with van der Waals surface area (Å²) in [5.41, 5.74) is 2.22. The molecule has 0 amide bonds. The van der Waals surface area contributed by atoms with E-state index in [1.54, 1.807) is 37.5 Å². The summed E-state index contributed by atoms with van der Waals surface area (Å²) in [7, 11) is -2.27.